The lowest BCUT2D eigenvalue weighted by Crippen LogP contribution is -2.33. The highest BCUT2D eigenvalue weighted by Gasteiger charge is 2.05. The summed E-state index contributed by atoms with van der Waals surface area (Å²) in [4.78, 5) is 0. The average Bonchev–Trinajstić information content (AvgIpc) is 2.31. The second-order valence-electron chi connectivity index (χ2n) is 3.53. The Balaban J connectivity index is 2.28. The van der Waals surface area contributed by atoms with Gasteiger partial charge in [0.05, 0.1) is 6.61 Å². The molecule has 3 heteroatoms. The van der Waals surface area contributed by atoms with E-state index in [-0.39, 0.29) is 12.6 Å². The summed E-state index contributed by atoms with van der Waals surface area (Å²) in [7, 11) is 1.67. The summed E-state index contributed by atoms with van der Waals surface area (Å²) >= 11 is 0. The molecule has 0 spiro atoms. The number of hydrogen-bond acceptors (Lipinski definition) is 3. The van der Waals surface area contributed by atoms with E-state index in [1.54, 1.807) is 7.11 Å². The summed E-state index contributed by atoms with van der Waals surface area (Å²) in [6.07, 6.45) is 0.833. The minimum Gasteiger partial charge on any atom is -0.395 e. The summed E-state index contributed by atoms with van der Waals surface area (Å²) in [5.41, 5.74) is 1.23. The Hall–Kier alpha value is -0.900. The Morgan fingerprint density at radius 2 is 2.07 bits per heavy atom. The molecule has 0 aliphatic heterocycles. The first-order valence-electron chi connectivity index (χ1n) is 5.24. The fourth-order valence-electron chi connectivity index (χ4n) is 1.38. The van der Waals surface area contributed by atoms with Gasteiger partial charge in [-0.15, -0.1) is 0 Å². The SMILES string of the molecule is COCC[C@@H](CO)NCc1ccccc1. The number of ether oxygens (including phenoxy) is 1. The monoisotopic (exact) mass is 209 g/mol. The quantitative estimate of drug-likeness (QED) is 0.708. The van der Waals surface area contributed by atoms with Crippen molar-refractivity contribution in [3.8, 4) is 0 Å². The van der Waals surface area contributed by atoms with Crippen molar-refractivity contribution in [2.24, 2.45) is 0 Å². The third-order valence-corrected chi connectivity index (χ3v) is 2.33. The van der Waals surface area contributed by atoms with Crippen molar-refractivity contribution in [2.45, 2.75) is 19.0 Å². The predicted octanol–water partition coefficient (Wildman–Crippen LogP) is 1.17. The number of aliphatic hydroxyl groups excluding tert-OH is 1. The van der Waals surface area contributed by atoms with E-state index in [9.17, 15) is 0 Å². The highest BCUT2D eigenvalue weighted by Crippen LogP contribution is 1.99. The Labute approximate surface area is 91.1 Å². The molecule has 1 aromatic carbocycles. The highest BCUT2D eigenvalue weighted by atomic mass is 16.5. The Bertz CT molecular complexity index is 251. The van der Waals surface area contributed by atoms with Crippen LogP contribution in [0.15, 0.2) is 30.3 Å². The molecular formula is C12H19NO2. The Morgan fingerprint density at radius 3 is 2.67 bits per heavy atom. The van der Waals surface area contributed by atoms with Gasteiger partial charge in [-0.3, -0.25) is 0 Å². The molecule has 2 N–H and O–H groups in total. The average molecular weight is 209 g/mol. The van der Waals surface area contributed by atoms with E-state index in [0.29, 0.717) is 6.61 Å². The summed E-state index contributed by atoms with van der Waals surface area (Å²) in [6.45, 7) is 1.61. The van der Waals surface area contributed by atoms with E-state index in [1.165, 1.54) is 5.56 Å². The lowest BCUT2D eigenvalue weighted by molar-refractivity contribution is 0.159. The van der Waals surface area contributed by atoms with Gasteiger partial charge in [-0.05, 0) is 12.0 Å². The van der Waals surface area contributed by atoms with Crippen molar-refractivity contribution in [1.29, 1.82) is 0 Å². The van der Waals surface area contributed by atoms with Gasteiger partial charge in [0, 0.05) is 26.3 Å². The number of hydrogen-bond donors (Lipinski definition) is 2. The lowest BCUT2D eigenvalue weighted by Gasteiger charge is -2.15. The molecule has 0 bridgehead atoms. The number of rotatable bonds is 7. The summed E-state index contributed by atoms with van der Waals surface area (Å²) in [5, 5.41) is 12.4. The maximum absolute atomic E-state index is 9.11. The summed E-state index contributed by atoms with van der Waals surface area (Å²) in [5.74, 6) is 0. The second kappa shape index (κ2) is 7.40. The molecule has 0 fully saturated rings. The van der Waals surface area contributed by atoms with Gasteiger partial charge >= 0.3 is 0 Å². The van der Waals surface area contributed by atoms with Crippen LogP contribution in [-0.2, 0) is 11.3 Å². The van der Waals surface area contributed by atoms with Crippen LogP contribution < -0.4 is 5.32 Å². The van der Waals surface area contributed by atoms with Crippen molar-refractivity contribution in [1.82, 2.24) is 5.32 Å². The van der Waals surface area contributed by atoms with Gasteiger partial charge in [-0.1, -0.05) is 30.3 Å². The number of methoxy groups -OCH3 is 1. The summed E-state index contributed by atoms with van der Waals surface area (Å²) in [6, 6.07) is 10.3. The number of aliphatic hydroxyl groups is 1. The number of benzene rings is 1. The normalized spacial score (nSPS) is 12.7. The molecule has 0 unspecified atom stereocenters. The molecule has 0 heterocycles. The van der Waals surface area contributed by atoms with Crippen LogP contribution in [0.4, 0.5) is 0 Å². The van der Waals surface area contributed by atoms with E-state index in [1.807, 2.05) is 18.2 Å². The van der Waals surface area contributed by atoms with Crippen LogP contribution in [0.25, 0.3) is 0 Å². The first-order valence-corrected chi connectivity index (χ1v) is 5.24. The first-order chi connectivity index (χ1) is 7.36. The zero-order chi connectivity index (χ0) is 10.9. The molecule has 0 saturated carbocycles. The van der Waals surface area contributed by atoms with E-state index < -0.39 is 0 Å². The van der Waals surface area contributed by atoms with Crippen molar-refractivity contribution < 1.29 is 9.84 Å². The fraction of sp³-hybridized carbons (Fsp3) is 0.500. The standard InChI is InChI=1S/C12H19NO2/c1-15-8-7-12(10-14)13-9-11-5-3-2-4-6-11/h2-6,12-14H,7-10H2,1H3/t12-/m0/s1. The first kappa shape index (κ1) is 12.2. The molecule has 1 atom stereocenters. The van der Waals surface area contributed by atoms with Gasteiger partial charge < -0.3 is 15.2 Å². The summed E-state index contributed by atoms with van der Waals surface area (Å²) < 4.78 is 4.98. The third kappa shape index (κ3) is 4.93. The maximum atomic E-state index is 9.11. The molecule has 0 saturated heterocycles. The molecule has 1 rings (SSSR count). The van der Waals surface area contributed by atoms with E-state index in [4.69, 9.17) is 9.84 Å². The Morgan fingerprint density at radius 1 is 1.33 bits per heavy atom. The molecule has 0 aromatic heterocycles. The van der Waals surface area contributed by atoms with Crippen LogP contribution in [0.2, 0.25) is 0 Å². The van der Waals surface area contributed by atoms with Gasteiger partial charge in [-0.2, -0.15) is 0 Å². The van der Waals surface area contributed by atoms with Gasteiger partial charge in [0.15, 0.2) is 0 Å². The second-order valence-corrected chi connectivity index (χ2v) is 3.53. The fourth-order valence-corrected chi connectivity index (χ4v) is 1.38. The van der Waals surface area contributed by atoms with Crippen molar-refractivity contribution >= 4 is 0 Å². The largest absolute Gasteiger partial charge is 0.395 e. The maximum Gasteiger partial charge on any atom is 0.0585 e. The van der Waals surface area contributed by atoms with Crippen molar-refractivity contribution in [3.63, 3.8) is 0 Å². The topological polar surface area (TPSA) is 41.5 Å². The van der Waals surface area contributed by atoms with E-state index >= 15 is 0 Å². The van der Waals surface area contributed by atoms with Crippen molar-refractivity contribution in [2.75, 3.05) is 20.3 Å². The van der Waals surface area contributed by atoms with E-state index in [2.05, 4.69) is 17.4 Å². The molecule has 0 aliphatic rings. The molecule has 0 radical (unpaired) electrons. The molecule has 0 amide bonds. The lowest BCUT2D eigenvalue weighted by atomic mass is 10.2. The van der Waals surface area contributed by atoms with Crippen molar-refractivity contribution in [3.05, 3.63) is 35.9 Å². The van der Waals surface area contributed by atoms with E-state index in [0.717, 1.165) is 13.0 Å². The molecule has 84 valence electrons. The molecule has 0 aliphatic carbocycles. The zero-order valence-corrected chi connectivity index (χ0v) is 9.15. The Kier molecular flexibility index (Phi) is 6.00. The van der Waals surface area contributed by atoms with Crippen LogP contribution in [0.5, 0.6) is 0 Å². The predicted molar refractivity (Wildman–Crippen MR) is 60.6 cm³/mol. The molecular weight excluding hydrogens is 190 g/mol. The van der Waals surface area contributed by atoms with Crippen LogP contribution in [0, 0.1) is 0 Å². The van der Waals surface area contributed by atoms with Gasteiger partial charge in [0.1, 0.15) is 0 Å². The third-order valence-electron chi connectivity index (χ3n) is 2.33. The minimum atomic E-state index is 0.116. The molecule has 1 aromatic rings. The van der Waals surface area contributed by atoms with Gasteiger partial charge in [-0.25, -0.2) is 0 Å². The van der Waals surface area contributed by atoms with Crippen LogP contribution >= 0.6 is 0 Å². The van der Waals surface area contributed by atoms with Gasteiger partial charge in [0.2, 0.25) is 0 Å². The van der Waals surface area contributed by atoms with Crippen LogP contribution in [-0.4, -0.2) is 31.5 Å². The molecule has 15 heavy (non-hydrogen) atoms. The van der Waals surface area contributed by atoms with Gasteiger partial charge in [0.25, 0.3) is 0 Å². The molecule has 3 nitrogen and oxygen atoms in total. The minimum absolute atomic E-state index is 0.116. The van der Waals surface area contributed by atoms with Crippen LogP contribution in [0.1, 0.15) is 12.0 Å². The number of nitrogens with one attached hydrogen (secondary N) is 1. The van der Waals surface area contributed by atoms with Crippen LogP contribution in [0.3, 0.4) is 0 Å². The zero-order valence-electron chi connectivity index (χ0n) is 9.15. The highest BCUT2D eigenvalue weighted by molar-refractivity contribution is 5.14. The smallest absolute Gasteiger partial charge is 0.0585 e.